The van der Waals surface area contributed by atoms with Gasteiger partial charge in [-0.05, 0) is 42.2 Å². The van der Waals surface area contributed by atoms with Gasteiger partial charge in [0.25, 0.3) is 0 Å². The Kier molecular flexibility index (Phi) is 4.94. The van der Waals surface area contributed by atoms with Crippen LogP contribution in [0.1, 0.15) is 29.3 Å². The SMILES string of the molecule is C=C/C=C(\C=C)c1cc(C)nc2c3c(ccc12)C(c1ccccc1)=CC(C)N3C. The van der Waals surface area contributed by atoms with Crippen molar-refractivity contribution in [1.29, 1.82) is 0 Å². The summed E-state index contributed by atoms with van der Waals surface area (Å²) in [6, 6.07) is 17.4. The van der Waals surface area contributed by atoms with Gasteiger partial charge in [-0.3, -0.25) is 4.98 Å². The molecular weight excluding hydrogens is 352 g/mol. The van der Waals surface area contributed by atoms with Crippen LogP contribution < -0.4 is 4.90 Å². The first-order valence-electron chi connectivity index (χ1n) is 9.95. The predicted molar refractivity (Wildman–Crippen MR) is 126 cm³/mol. The van der Waals surface area contributed by atoms with E-state index < -0.39 is 0 Å². The maximum absolute atomic E-state index is 4.98. The van der Waals surface area contributed by atoms with E-state index in [0.717, 1.165) is 27.7 Å². The van der Waals surface area contributed by atoms with Gasteiger partial charge < -0.3 is 4.90 Å². The highest BCUT2D eigenvalue weighted by Gasteiger charge is 2.25. The van der Waals surface area contributed by atoms with Crippen molar-refractivity contribution in [2.45, 2.75) is 19.9 Å². The van der Waals surface area contributed by atoms with E-state index >= 15 is 0 Å². The van der Waals surface area contributed by atoms with E-state index in [1.165, 1.54) is 22.4 Å². The van der Waals surface area contributed by atoms with Gasteiger partial charge in [0.1, 0.15) is 0 Å². The first-order valence-corrected chi connectivity index (χ1v) is 9.95. The average molecular weight is 379 g/mol. The van der Waals surface area contributed by atoms with Crippen LogP contribution in [0.2, 0.25) is 0 Å². The fourth-order valence-corrected chi connectivity index (χ4v) is 4.13. The molecule has 0 fully saturated rings. The topological polar surface area (TPSA) is 16.1 Å². The number of rotatable bonds is 4. The molecule has 0 saturated carbocycles. The molecule has 1 aromatic heterocycles. The minimum atomic E-state index is 0.275. The Bertz CT molecular complexity index is 1170. The summed E-state index contributed by atoms with van der Waals surface area (Å²) in [5, 5.41) is 1.13. The number of hydrogen-bond donors (Lipinski definition) is 0. The number of likely N-dealkylation sites (N-methyl/N-ethyl adjacent to an activating group) is 1. The second-order valence-electron chi connectivity index (χ2n) is 7.53. The summed E-state index contributed by atoms with van der Waals surface area (Å²) in [6.45, 7) is 12.1. The van der Waals surface area contributed by atoms with E-state index in [2.05, 4.69) is 93.6 Å². The van der Waals surface area contributed by atoms with Gasteiger partial charge in [-0.15, -0.1) is 0 Å². The highest BCUT2D eigenvalue weighted by Crippen LogP contribution is 2.42. The summed E-state index contributed by atoms with van der Waals surface area (Å²) in [4.78, 5) is 7.31. The zero-order chi connectivity index (χ0) is 20.5. The van der Waals surface area contributed by atoms with Gasteiger partial charge >= 0.3 is 0 Å². The number of anilines is 1. The van der Waals surface area contributed by atoms with Crippen LogP contribution in [-0.4, -0.2) is 18.1 Å². The first-order chi connectivity index (χ1) is 14.0. The average Bonchev–Trinajstić information content (AvgIpc) is 2.74. The molecule has 2 aromatic carbocycles. The van der Waals surface area contributed by atoms with Crippen LogP contribution >= 0.6 is 0 Å². The number of hydrogen-bond acceptors (Lipinski definition) is 2. The summed E-state index contributed by atoms with van der Waals surface area (Å²) >= 11 is 0. The molecule has 1 unspecified atom stereocenters. The lowest BCUT2D eigenvalue weighted by atomic mass is 9.88. The van der Waals surface area contributed by atoms with E-state index in [1.54, 1.807) is 0 Å². The van der Waals surface area contributed by atoms with Gasteiger partial charge in [-0.2, -0.15) is 0 Å². The van der Waals surface area contributed by atoms with Gasteiger partial charge in [-0.25, -0.2) is 0 Å². The molecular formula is C27H26N2. The molecule has 1 aliphatic rings. The normalized spacial score (nSPS) is 16.4. The lowest BCUT2D eigenvalue weighted by Gasteiger charge is -2.34. The van der Waals surface area contributed by atoms with E-state index in [9.17, 15) is 0 Å². The second kappa shape index (κ2) is 7.56. The molecule has 0 bridgehead atoms. The fourth-order valence-electron chi connectivity index (χ4n) is 4.13. The van der Waals surface area contributed by atoms with Gasteiger partial charge in [0.05, 0.1) is 11.2 Å². The van der Waals surface area contributed by atoms with Crippen LogP contribution in [0.5, 0.6) is 0 Å². The maximum atomic E-state index is 4.98. The molecule has 2 heteroatoms. The molecule has 0 N–H and O–H groups in total. The molecule has 1 atom stereocenters. The molecule has 29 heavy (non-hydrogen) atoms. The van der Waals surface area contributed by atoms with Crippen molar-refractivity contribution in [3.05, 3.63) is 108 Å². The minimum absolute atomic E-state index is 0.275. The highest BCUT2D eigenvalue weighted by atomic mass is 15.1. The van der Waals surface area contributed by atoms with Crippen LogP contribution in [0.3, 0.4) is 0 Å². The van der Waals surface area contributed by atoms with Crippen molar-refractivity contribution in [2.75, 3.05) is 11.9 Å². The van der Waals surface area contributed by atoms with Crippen molar-refractivity contribution in [1.82, 2.24) is 4.98 Å². The van der Waals surface area contributed by atoms with E-state index in [-0.39, 0.29) is 6.04 Å². The standard InChI is InChI=1S/C27H26N2/c1-6-11-20(7-2)24-16-18(3)28-26-22(24)14-15-23-25(21-12-9-8-10-13-21)17-19(4)29(5)27(23)26/h6-17,19H,1-2H2,3-5H3/b20-11+. The van der Waals surface area contributed by atoms with Gasteiger partial charge in [0, 0.05) is 29.7 Å². The number of benzene rings is 2. The van der Waals surface area contributed by atoms with E-state index in [0.29, 0.717) is 0 Å². The second-order valence-corrected chi connectivity index (χ2v) is 7.53. The number of fused-ring (bicyclic) bond motifs is 3. The van der Waals surface area contributed by atoms with Gasteiger partial charge in [0.2, 0.25) is 0 Å². The Morgan fingerprint density at radius 1 is 1.10 bits per heavy atom. The zero-order valence-corrected chi connectivity index (χ0v) is 17.3. The molecule has 0 aliphatic carbocycles. The quantitative estimate of drug-likeness (QED) is 0.477. The monoisotopic (exact) mass is 378 g/mol. The van der Waals surface area contributed by atoms with Crippen molar-refractivity contribution in [3.63, 3.8) is 0 Å². The summed E-state index contributed by atoms with van der Waals surface area (Å²) in [5.74, 6) is 0. The third-order valence-electron chi connectivity index (χ3n) is 5.66. The maximum Gasteiger partial charge on any atom is 0.0951 e. The molecule has 1 aliphatic heterocycles. The summed E-state index contributed by atoms with van der Waals surface area (Å²) in [6.07, 6.45) is 8.04. The van der Waals surface area contributed by atoms with Gasteiger partial charge in [0.15, 0.2) is 0 Å². The Labute approximate surface area is 173 Å². The number of nitrogens with zero attached hydrogens (tertiary/aromatic N) is 2. The molecule has 3 aromatic rings. The van der Waals surface area contributed by atoms with Gasteiger partial charge in [-0.1, -0.05) is 79.9 Å². The summed E-state index contributed by atoms with van der Waals surface area (Å²) < 4.78 is 0. The molecule has 0 spiro atoms. The fraction of sp³-hybridized carbons (Fsp3) is 0.148. The van der Waals surface area contributed by atoms with E-state index in [4.69, 9.17) is 4.98 Å². The molecule has 2 nitrogen and oxygen atoms in total. The van der Waals surface area contributed by atoms with Crippen LogP contribution in [0, 0.1) is 6.92 Å². The van der Waals surface area contributed by atoms with Crippen molar-refractivity contribution < 1.29 is 0 Å². The molecule has 0 radical (unpaired) electrons. The molecule has 0 saturated heterocycles. The van der Waals surface area contributed by atoms with E-state index in [1.807, 2.05) is 18.2 Å². The highest BCUT2D eigenvalue weighted by molar-refractivity contribution is 6.06. The van der Waals surface area contributed by atoms with Crippen LogP contribution in [0.4, 0.5) is 5.69 Å². The third kappa shape index (κ3) is 3.21. The number of pyridine rings is 1. The van der Waals surface area contributed by atoms with Crippen molar-refractivity contribution in [2.24, 2.45) is 0 Å². The van der Waals surface area contributed by atoms with Crippen LogP contribution in [0.25, 0.3) is 22.0 Å². The van der Waals surface area contributed by atoms with Crippen molar-refractivity contribution in [3.8, 4) is 0 Å². The number of aryl methyl sites for hydroxylation is 1. The Morgan fingerprint density at radius 3 is 2.55 bits per heavy atom. The Morgan fingerprint density at radius 2 is 1.86 bits per heavy atom. The Balaban J connectivity index is 2.05. The Hall–Kier alpha value is -3.39. The smallest absolute Gasteiger partial charge is 0.0951 e. The summed E-state index contributed by atoms with van der Waals surface area (Å²) in [5.41, 5.74) is 9.13. The number of aromatic nitrogens is 1. The molecule has 144 valence electrons. The first kappa shape index (κ1) is 18.9. The zero-order valence-electron chi connectivity index (χ0n) is 17.3. The molecule has 2 heterocycles. The number of allylic oxidation sites excluding steroid dienone is 4. The lowest BCUT2D eigenvalue weighted by Crippen LogP contribution is -2.31. The lowest BCUT2D eigenvalue weighted by molar-refractivity contribution is 0.816. The largest absolute Gasteiger partial charge is 0.366 e. The third-order valence-corrected chi connectivity index (χ3v) is 5.66. The predicted octanol–water partition coefficient (Wildman–Crippen LogP) is 6.57. The van der Waals surface area contributed by atoms with Crippen LogP contribution in [-0.2, 0) is 0 Å². The van der Waals surface area contributed by atoms with Crippen LogP contribution in [0.15, 0.2) is 86.0 Å². The van der Waals surface area contributed by atoms with Crippen molar-refractivity contribution >= 4 is 27.7 Å². The summed E-state index contributed by atoms with van der Waals surface area (Å²) in [7, 11) is 2.15. The molecule has 0 amide bonds. The minimum Gasteiger partial charge on any atom is -0.366 e. The molecule has 4 rings (SSSR count).